The molecule has 1 unspecified atom stereocenters. The first kappa shape index (κ1) is 16.3. The number of rotatable bonds is 3. The minimum absolute atomic E-state index is 0. The van der Waals surface area contributed by atoms with Crippen LogP contribution in [0.2, 0.25) is 0 Å². The van der Waals surface area contributed by atoms with Crippen molar-refractivity contribution in [1.29, 1.82) is 0 Å². The predicted molar refractivity (Wildman–Crippen MR) is 52.5 cm³/mol. The second-order valence-corrected chi connectivity index (χ2v) is 4.88. The Labute approximate surface area is 120 Å². The summed E-state index contributed by atoms with van der Waals surface area (Å²) in [6, 6.07) is 0. The average molecular weight is 272 g/mol. The molecular formula is C8H9NaO7S. The number of allylic oxidation sites excluding steroid dienone is 2. The van der Waals surface area contributed by atoms with Crippen molar-refractivity contribution in [2.45, 2.75) is 11.2 Å². The zero-order chi connectivity index (χ0) is 12.6. The molecule has 1 aliphatic rings. The minimum atomic E-state index is -4.94. The van der Waals surface area contributed by atoms with Crippen molar-refractivity contribution in [3.63, 3.8) is 0 Å². The molecule has 9 heteroatoms. The van der Waals surface area contributed by atoms with Crippen LogP contribution in [0, 0.1) is 0 Å². The summed E-state index contributed by atoms with van der Waals surface area (Å²) in [6.07, 6.45) is 1.99. The Morgan fingerprint density at radius 3 is 2.24 bits per heavy atom. The van der Waals surface area contributed by atoms with Crippen molar-refractivity contribution in [3.05, 3.63) is 23.8 Å². The Morgan fingerprint density at radius 2 is 1.88 bits per heavy atom. The SMILES string of the molecule is O=C(O)C1=CC=CC(C(=O)O)(S(=O)(=O)O)C1.[H-].[Na+]. The van der Waals surface area contributed by atoms with E-state index in [4.69, 9.17) is 14.8 Å². The van der Waals surface area contributed by atoms with E-state index in [1.54, 1.807) is 0 Å². The standard InChI is InChI=1S/C8H8O7S.Na.H/c9-6(10)5-2-1-3-8(4-5,7(11)12)16(13,14)15;;/h1-3H,4H2,(H,9,10)(H,11,12)(H,13,14,15);;/q;+1;-1. The van der Waals surface area contributed by atoms with Crippen LogP contribution in [0.3, 0.4) is 0 Å². The predicted octanol–water partition coefficient (Wildman–Crippen LogP) is -3.21. The third kappa shape index (κ3) is 2.96. The van der Waals surface area contributed by atoms with Crippen LogP contribution in [-0.2, 0) is 19.7 Å². The van der Waals surface area contributed by atoms with Crippen molar-refractivity contribution < 1.29 is 63.8 Å². The van der Waals surface area contributed by atoms with Gasteiger partial charge in [0.15, 0.2) is 0 Å². The molecule has 0 saturated heterocycles. The molecule has 0 aromatic heterocycles. The van der Waals surface area contributed by atoms with Gasteiger partial charge in [0.25, 0.3) is 10.1 Å². The monoisotopic (exact) mass is 272 g/mol. The molecule has 0 saturated carbocycles. The molecule has 1 atom stereocenters. The Morgan fingerprint density at radius 1 is 1.35 bits per heavy atom. The van der Waals surface area contributed by atoms with Crippen LogP contribution >= 0.6 is 0 Å². The molecular weight excluding hydrogens is 263 g/mol. The summed E-state index contributed by atoms with van der Waals surface area (Å²) in [4.78, 5) is 21.5. The summed E-state index contributed by atoms with van der Waals surface area (Å²) in [5.41, 5.74) is -0.400. The molecule has 0 spiro atoms. The summed E-state index contributed by atoms with van der Waals surface area (Å²) in [7, 11) is -4.94. The van der Waals surface area contributed by atoms with Crippen LogP contribution in [0.4, 0.5) is 0 Å². The van der Waals surface area contributed by atoms with Crippen LogP contribution in [0.15, 0.2) is 23.8 Å². The summed E-state index contributed by atoms with van der Waals surface area (Å²) >= 11 is 0. The van der Waals surface area contributed by atoms with Gasteiger partial charge in [-0.15, -0.1) is 0 Å². The van der Waals surface area contributed by atoms with Crippen molar-refractivity contribution in [1.82, 2.24) is 0 Å². The summed E-state index contributed by atoms with van der Waals surface area (Å²) in [5.74, 6) is -3.25. The van der Waals surface area contributed by atoms with Crippen molar-refractivity contribution in [2.24, 2.45) is 0 Å². The van der Waals surface area contributed by atoms with Crippen LogP contribution in [-0.4, -0.2) is 39.9 Å². The average Bonchev–Trinajstić information content (AvgIpc) is 2.15. The second-order valence-electron chi connectivity index (χ2n) is 3.20. The van der Waals surface area contributed by atoms with E-state index < -0.39 is 38.8 Å². The molecule has 90 valence electrons. The molecule has 7 nitrogen and oxygen atoms in total. The first-order valence-corrected chi connectivity index (χ1v) is 5.47. The van der Waals surface area contributed by atoms with E-state index in [-0.39, 0.29) is 31.0 Å². The quantitative estimate of drug-likeness (QED) is 0.364. The van der Waals surface area contributed by atoms with Crippen molar-refractivity contribution >= 4 is 22.1 Å². The van der Waals surface area contributed by atoms with Crippen molar-refractivity contribution in [2.75, 3.05) is 0 Å². The van der Waals surface area contributed by atoms with Crippen LogP contribution in [0.25, 0.3) is 0 Å². The first-order valence-electron chi connectivity index (χ1n) is 4.03. The van der Waals surface area contributed by atoms with E-state index in [1.807, 2.05) is 0 Å². The fourth-order valence-corrected chi connectivity index (χ4v) is 2.11. The number of hydrogen-bond donors (Lipinski definition) is 3. The van der Waals surface area contributed by atoms with Crippen LogP contribution in [0.5, 0.6) is 0 Å². The molecule has 0 amide bonds. The molecule has 0 heterocycles. The molecule has 0 aromatic carbocycles. The number of carbonyl (C=O) groups is 2. The molecule has 1 rings (SSSR count). The molecule has 17 heavy (non-hydrogen) atoms. The zero-order valence-corrected chi connectivity index (χ0v) is 11.6. The number of aliphatic carboxylic acids is 2. The van der Waals surface area contributed by atoms with E-state index in [2.05, 4.69) is 0 Å². The molecule has 0 fully saturated rings. The number of carboxylic acids is 2. The van der Waals surface area contributed by atoms with Gasteiger partial charge in [-0.2, -0.15) is 8.42 Å². The molecule has 0 aromatic rings. The summed E-state index contributed by atoms with van der Waals surface area (Å²) in [6.45, 7) is 0. The first-order chi connectivity index (χ1) is 7.21. The van der Waals surface area contributed by atoms with Gasteiger partial charge in [-0.1, -0.05) is 12.2 Å². The van der Waals surface area contributed by atoms with E-state index in [9.17, 15) is 18.0 Å². The molecule has 0 aliphatic heterocycles. The fourth-order valence-electron chi connectivity index (χ4n) is 1.30. The molecule has 0 radical (unpaired) electrons. The van der Waals surface area contributed by atoms with E-state index in [1.165, 1.54) is 0 Å². The van der Waals surface area contributed by atoms with Gasteiger partial charge < -0.3 is 11.6 Å². The molecule has 1 aliphatic carbocycles. The Hall–Kier alpha value is -0.670. The smallest absolute Gasteiger partial charge is 1.00 e. The maximum absolute atomic E-state index is 11.0. The van der Waals surface area contributed by atoms with Gasteiger partial charge in [0.1, 0.15) is 0 Å². The van der Waals surface area contributed by atoms with Crippen LogP contribution in [0.1, 0.15) is 7.85 Å². The molecule has 0 bridgehead atoms. The Bertz CT molecular complexity index is 510. The zero-order valence-electron chi connectivity index (χ0n) is 9.82. The van der Waals surface area contributed by atoms with Gasteiger partial charge in [-0.05, 0) is 6.08 Å². The topological polar surface area (TPSA) is 129 Å². The maximum atomic E-state index is 11.0. The van der Waals surface area contributed by atoms with Gasteiger partial charge >= 0.3 is 41.5 Å². The van der Waals surface area contributed by atoms with E-state index in [0.717, 1.165) is 18.2 Å². The number of carboxylic acid groups (broad SMARTS) is 2. The Balaban J connectivity index is 0. The molecule has 3 N–H and O–H groups in total. The number of hydrogen-bond acceptors (Lipinski definition) is 4. The summed E-state index contributed by atoms with van der Waals surface area (Å²) < 4.78 is 28.3. The minimum Gasteiger partial charge on any atom is -1.00 e. The van der Waals surface area contributed by atoms with E-state index in [0.29, 0.717) is 0 Å². The van der Waals surface area contributed by atoms with Gasteiger partial charge in [-0.25, -0.2) is 4.79 Å². The van der Waals surface area contributed by atoms with Gasteiger partial charge in [-0.3, -0.25) is 9.35 Å². The second kappa shape index (κ2) is 5.32. The summed E-state index contributed by atoms with van der Waals surface area (Å²) in [5, 5.41) is 17.5. The van der Waals surface area contributed by atoms with Crippen LogP contribution < -0.4 is 29.6 Å². The van der Waals surface area contributed by atoms with Gasteiger partial charge in [0, 0.05) is 12.0 Å². The Kier molecular flexibility index (Phi) is 5.11. The normalized spacial score (nSPS) is 23.5. The fraction of sp³-hybridized carbons (Fsp3) is 0.250. The van der Waals surface area contributed by atoms with Crippen molar-refractivity contribution in [3.8, 4) is 0 Å². The third-order valence-corrected chi connectivity index (χ3v) is 3.59. The van der Waals surface area contributed by atoms with E-state index >= 15 is 0 Å². The maximum Gasteiger partial charge on any atom is 1.00 e. The van der Waals surface area contributed by atoms with Gasteiger partial charge in [0.05, 0.1) is 0 Å². The largest absolute Gasteiger partial charge is 1.00 e. The third-order valence-electron chi connectivity index (χ3n) is 2.21. The van der Waals surface area contributed by atoms with Gasteiger partial charge in [0.2, 0.25) is 4.75 Å².